The van der Waals surface area contributed by atoms with Gasteiger partial charge in [-0.3, -0.25) is 0 Å². The number of ether oxygens (including phenoxy) is 2. The Hall–Kier alpha value is -3.85. The zero-order valence-electron chi connectivity index (χ0n) is 17.5. The van der Waals surface area contributed by atoms with Crippen molar-refractivity contribution in [3.8, 4) is 28.7 Å². The summed E-state index contributed by atoms with van der Waals surface area (Å²) in [5, 5.41) is 2.66. The molecule has 1 N–H and O–H groups in total. The second-order valence-corrected chi connectivity index (χ2v) is 7.27. The number of benzene rings is 3. The van der Waals surface area contributed by atoms with E-state index in [-0.39, 0.29) is 30.4 Å². The Morgan fingerprint density at radius 3 is 2.28 bits per heavy atom. The van der Waals surface area contributed by atoms with Gasteiger partial charge in [0.1, 0.15) is 12.4 Å². The third kappa shape index (κ3) is 4.42. The second kappa shape index (κ2) is 9.52. The summed E-state index contributed by atoms with van der Waals surface area (Å²) in [6.45, 7) is 0.493. The predicted octanol–water partition coefficient (Wildman–Crippen LogP) is 5.25. The van der Waals surface area contributed by atoms with Crippen LogP contribution in [0.25, 0.3) is 11.1 Å². The Labute approximate surface area is 185 Å². The highest BCUT2D eigenvalue weighted by Crippen LogP contribution is 2.44. The number of carbonyl (C=O) groups excluding carboxylic acids is 1. The molecule has 0 unspecified atom stereocenters. The molecule has 0 radical (unpaired) electrons. The number of fused-ring (bicyclic) bond motifs is 3. The predicted molar refractivity (Wildman–Crippen MR) is 117 cm³/mol. The van der Waals surface area contributed by atoms with Gasteiger partial charge in [-0.2, -0.15) is 0 Å². The first-order chi connectivity index (χ1) is 15.6. The quantitative estimate of drug-likeness (QED) is 0.441. The Bertz CT molecular complexity index is 1170. The van der Waals surface area contributed by atoms with Crippen molar-refractivity contribution in [1.29, 1.82) is 0 Å². The van der Waals surface area contributed by atoms with Crippen LogP contribution in [0.2, 0.25) is 0 Å². The van der Waals surface area contributed by atoms with Crippen LogP contribution < -0.4 is 10.1 Å². The molecule has 0 aromatic heterocycles. The summed E-state index contributed by atoms with van der Waals surface area (Å²) < 4.78 is 37.1. The van der Waals surface area contributed by atoms with Gasteiger partial charge in [-0.05, 0) is 28.3 Å². The summed E-state index contributed by atoms with van der Waals surface area (Å²) in [6.07, 6.45) is -0.217. The molecule has 1 aliphatic carbocycles. The van der Waals surface area contributed by atoms with Gasteiger partial charge in [0.15, 0.2) is 11.6 Å². The minimum Gasteiger partial charge on any atom is -0.495 e. The number of hydrogen-bond acceptors (Lipinski definition) is 3. The van der Waals surface area contributed by atoms with E-state index in [1.807, 2.05) is 24.3 Å². The second-order valence-electron chi connectivity index (χ2n) is 7.27. The number of halogens is 2. The van der Waals surface area contributed by atoms with Gasteiger partial charge in [0.25, 0.3) is 0 Å². The average Bonchev–Trinajstić information content (AvgIpc) is 3.13. The van der Waals surface area contributed by atoms with Gasteiger partial charge >= 0.3 is 6.09 Å². The third-order valence-electron chi connectivity index (χ3n) is 5.33. The van der Waals surface area contributed by atoms with Crippen LogP contribution >= 0.6 is 0 Å². The highest BCUT2D eigenvalue weighted by atomic mass is 19.2. The lowest BCUT2D eigenvalue weighted by atomic mass is 9.98. The van der Waals surface area contributed by atoms with Crippen molar-refractivity contribution in [2.75, 3.05) is 20.3 Å². The van der Waals surface area contributed by atoms with Crippen LogP contribution in [0.3, 0.4) is 0 Å². The SMILES string of the molecule is COc1cc(F)c(F)cc1C#CCCNC(=O)OCC1c2ccccc2-c2ccccc21. The van der Waals surface area contributed by atoms with E-state index in [1.165, 1.54) is 18.2 Å². The molecule has 0 spiro atoms. The molecule has 0 fully saturated rings. The van der Waals surface area contributed by atoms with E-state index in [4.69, 9.17) is 9.47 Å². The van der Waals surface area contributed by atoms with Crippen LogP contribution in [0.4, 0.5) is 13.6 Å². The van der Waals surface area contributed by atoms with Gasteiger partial charge in [0.2, 0.25) is 0 Å². The molecular formula is C26H21F2NO3. The number of rotatable bonds is 5. The van der Waals surface area contributed by atoms with E-state index in [1.54, 1.807) is 0 Å². The van der Waals surface area contributed by atoms with Crippen molar-refractivity contribution in [3.05, 3.63) is 89.0 Å². The normalized spacial score (nSPS) is 11.7. The Balaban J connectivity index is 1.30. The van der Waals surface area contributed by atoms with Crippen molar-refractivity contribution >= 4 is 6.09 Å². The van der Waals surface area contributed by atoms with E-state index in [9.17, 15) is 13.6 Å². The zero-order valence-corrected chi connectivity index (χ0v) is 17.5. The van der Waals surface area contributed by atoms with Crippen LogP contribution in [0, 0.1) is 23.5 Å². The van der Waals surface area contributed by atoms with Gasteiger partial charge in [0.05, 0.1) is 12.7 Å². The van der Waals surface area contributed by atoms with Gasteiger partial charge in [-0.15, -0.1) is 0 Å². The molecule has 3 aromatic carbocycles. The minimum atomic E-state index is -0.996. The van der Waals surface area contributed by atoms with E-state index in [0.717, 1.165) is 23.3 Å². The first-order valence-electron chi connectivity index (χ1n) is 10.2. The van der Waals surface area contributed by atoms with Crippen LogP contribution in [0.5, 0.6) is 5.75 Å². The summed E-state index contributed by atoms with van der Waals surface area (Å²) in [4.78, 5) is 12.1. The van der Waals surface area contributed by atoms with Crippen LogP contribution in [0.15, 0.2) is 60.7 Å². The maximum Gasteiger partial charge on any atom is 0.407 e. The summed E-state index contributed by atoms with van der Waals surface area (Å²) in [6, 6.07) is 18.2. The smallest absolute Gasteiger partial charge is 0.407 e. The molecule has 0 heterocycles. The van der Waals surface area contributed by atoms with Crippen LogP contribution in [0.1, 0.15) is 29.0 Å². The summed E-state index contributed by atoms with van der Waals surface area (Å²) in [7, 11) is 1.36. The van der Waals surface area contributed by atoms with Crippen LogP contribution in [-0.4, -0.2) is 26.4 Å². The molecule has 32 heavy (non-hydrogen) atoms. The van der Waals surface area contributed by atoms with Crippen LogP contribution in [-0.2, 0) is 4.74 Å². The van der Waals surface area contributed by atoms with Crippen molar-refractivity contribution in [3.63, 3.8) is 0 Å². The standard InChI is InChI=1S/C26H21F2NO3/c1-31-25-15-24(28)23(27)14-17(25)8-6-7-13-29-26(30)32-16-22-20-11-4-2-9-18(20)19-10-3-5-12-21(19)22/h2-5,9-12,14-15,22H,7,13,16H2,1H3,(H,29,30). The molecule has 3 aromatic rings. The molecule has 0 atom stereocenters. The monoisotopic (exact) mass is 433 g/mol. The number of amides is 1. The molecule has 0 bridgehead atoms. The first-order valence-corrected chi connectivity index (χ1v) is 10.2. The fraction of sp³-hybridized carbons (Fsp3) is 0.192. The Morgan fingerprint density at radius 2 is 1.62 bits per heavy atom. The van der Waals surface area contributed by atoms with Crippen molar-refractivity contribution < 1.29 is 23.0 Å². The lowest BCUT2D eigenvalue weighted by Gasteiger charge is -2.14. The molecular weight excluding hydrogens is 412 g/mol. The average molecular weight is 433 g/mol. The molecule has 6 heteroatoms. The first kappa shape index (κ1) is 21.4. The van der Waals surface area contributed by atoms with Crippen molar-refractivity contribution in [2.24, 2.45) is 0 Å². The van der Waals surface area contributed by atoms with E-state index in [2.05, 4.69) is 41.4 Å². The van der Waals surface area contributed by atoms with Gasteiger partial charge < -0.3 is 14.8 Å². The van der Waals surface area contributed by atoms with Crippen molar-refractivity contribution in [2.45, 2.75) is 12.3 Å². The topological polar surface area (TPSA) is 47.6 Å². The van der Waals surface area contributed by atoms with Gasteiger partial charge in [-0.25, -0.2) is 13.6 Å². The third-order valence-corrected chi connectivity index (χ3v) is 5.33. The van der Waals surface area contributed by atoms with Crippen molar-refractivity contribution in [1.82, 2.24) is 5.32 Å². The lowest BCUT2D eigenvalue weighted by molar-refractivity contribution is 0.143. The largest absolute Gasteiger partial charge is 0.495 e. The molecule has 1 aliphatic rings. The number of hydrogen-bond donors (Lipinski definition) is 1. The fourth-order valence-electron chi connectivity index (χ4n) is 3.83. The van der Waals surface area contributed by atoms with E-state index in [0.29, 0.717) is 6.42 Å². The Kier molecular flexibility index (Phi) is 6.37. The number of alkyl carbamates (subject to hydrolysis) is 1. The molecule has 1 amide bonds. The number of carbonyl (C=O) groups is 1. The Morgan fingerprint density at radius 1 is 1.00 bits per heavy atom. The summed E-state index contributed by atoms with van der Waals surface area (Å²) >= 11 is 0. The molecule has 162 valence electrons. The molecule has 0 saturated heterocycles. The van der Waals surface area contributed by atoms with E-state index < -0.39 is 17.7 Å². The summed E-state index contributed by atoms with van der Waals surface area (Å²) in [5.74, 6) is 3.70. The van der Waals surface area contributed by atoms with Gasteiger partial charge in [-0.1, -0.05) is 60.4 Å². The highest BCUT2D eigenvalue weighted by Gasteiger charge is 2.28. The summed E-state index contributed by atoms with van der Waals surface area (Å²) in [5.41, 5.74) is 4.87. The molecule has 4 nitrogen and oxygen atoms in total. The maximum absolute atomic E-state index is 13.4. The highest BCUT2D eigenvalue weighted by molar-refractivity contribution is 5.79. The zero-order chi connectivity index (χ0) is 22.5. The molecule has 0 saturated carbocycles. The number of methoxy groups -OCH3 is 1. The van der Waals surface area contributed by atoms with Gasteiger partial charge in [0, 0.05) is 24.9 Å². The maximum atomic E-state index is 13.4. The fourth-order valence-corrected chi connectivity index (χ4v) is 3.83. The molecule has 0 aliphatic heterocycles. The molecule has 4 rings (SSSR count). The number of nitrogens with one attached hydrogen (secondary N) is 1. The minimum absolute atomic E-state index is 0.00576. The van der Waals surface area contributed by atoms with E-state index >= 15 is 0 Å². The lowest BCUT2D eigenvalue weighted by Crippen LogP contribution is -2.26.